The predicted octanol–water partition coefficient (Wildman–Crippen LogP) is 4.01. The van der Waals surface area contributed by atoms with Gasteiger partial charge in [0.15, 0.2) is 0 Å². The minimum atomic E-state index is -0.0318. The van der Waals surface area contributed by atoms with Crippen LogP contribution < -0.4 is 0 Å². The van der Waals surface area contributed by atoms with Crippen molar-refractivity contribution in [3.63, 3.8) is 0 Å². The lowest BCUT2D eigenvalue weighted by atomic mass is 10.1. The number of ether oxygens (including phenoxy) is 1. The summed E-state index contributed by atoms with van der Waals surface area (Å²) in [4.78, 5) is 19.6. The number of fused-ring (bicyclic) bond motifs is 1. The highest BCUT2D eigenvalue weighted by Gasteiger charge is 2.32. The van der Waals surface area contributed by atoms with Gasteiger partial charge in [-0.05, 0) is 36.5 Å². The highest BCUT2D eigenvalue weighted by atomic mass is 35.5. The molecule has 2 aliphatic heterocycles. The van der Waals surface area contributed by atoms with Crippen LogP contribution in [0.5, 0.6) is 0 Å². The maximum atomic E-state index is 13.3. The van der Waals surface area contributed by atoms with Crippen molar-refractivity contribution in [1.82, 2.24) is 9.88 Å². The molecule has 1 aromatic heterocycles. The van der Waals surface area contributed by atoms with E-state index in [9.17, 15) is 4.79 Å². The molecule has 2 aliphatic rings. The van der Waals surface area contributed by atoms with Gasteiger partial charge >= 0.3 is 0 Å². The van der Waals surface area contributed by atoms with Gasteiger partial charge in [0.05, 0.1) is 6.10 Å². The second kappa shape index (κ2) is 7.52. The van der Waals surface area contributed by atoms with Crippen LogP contribution in [0, 0.1) is 0 Å². The Bertz CT molecular complexity index is 773. The molecule has 3 heterocycles. The Morgan fingerprint density at radius 3 is 3.00 bits per heavy atom. The first-order valence-corrected chi connectivity index (χ1v) is 10.3. The molecule has 2 fully saturated rings. The number of thioether (sulfide) groups is 1. The SMILES string of the molecule is O=C(c1cc2ccccc2c(Cl)n1)N(CC1CCCO1)C1CCSC1. The van der Waals surface area contributed by atoms with E-state index in [-0.39, 0.29) is 18.1 Å². The summed E-state index contributed by atoms with van der Waals surface area (Å²) < 4.78 is 5.78. The topological polar surface area (TPSA) is 42.4 Å². The summed E-state index contributed by atoms with van der Waals surface area (Å²) >= 11 is 8.24. The minimum Gasteiger partial charge on any atom is -0.376 e. The second-order valence-corrected chi connectivity index (χ2v) is 8.14. The molecule has 0 N–H and O–H groups in total. The van der Waals surface area contributed by atoms with E-state index in [0.717, 1.165) is 48.1 Å². The van der Waals surface area contributed by atoms with E-state index in [2.05, 4.69) is 4.98 Å². The molecule has 2 saturated heterocycles. The first-order chi connectivity index (χ1) is 12.2. The highest BCUT2D eigenvalue weighted by Crippen LogP contribution is 2.27. The Balaban J connectivity index is 1.64. The number of halogens is 1. The Labute approximate surface area is 156 Å². The van der Waals surface area contributed by atoms with E-state index in [0.29, 0.717) is 17.4 Å². The average molecular weight is 377 g/mol. The van der Waals surface area contributed by atoms with Crippen LogP contribution in [0.2, 0.25) is 5.15 Å². The zero-order chi connectivity index (χ0) is 17.2. The maximum absolute atomic E-state index is 13.3. The van der Waals surface area contributed by atoms with Gasteiger partial charge in [-0.15, -0.1) is 0 Å². The van der Waals surface area contributed by atoms with Gasteiger partial charge in [-0.2, -0.15) is 11.8 Å². The van der Waals surface area contributed by atoms with Gasteiger partial charge < -0.3 is 9.64 Å². The van der Waals surface area contributed by atoms with Gasteiger partial charge in [-0.25, -0.2) is 4.98 Å². The first-order valence-electron chi connectivity index (χ1n) is 8.78. The van der Waals surface area contributed by atoms with Gasteiger partial charge in [0.2, 0.25) is 0 Å². The zero-order valence-corrected chi connectivity index (χ0v) is 15.6. The molecule has 2 aromatic rings. The van der Waals surface area contributed by atoms with Gasteiger partial charge in [0, 0.05) is 30.3 Å². The Hall–Kier alpha value is -1.30. The number of hydrogen-bond donors (Lipinski definition) is 0. The molecule has 4 rings (SSSR count). The molecule has 2 atom stereocenters. The number of aromatic nitrogens is 1. The lowest BCUT2D eigenvalue weighted by Gasteiger charge is -2.30. The molecule has 6 heteroatoms. The average Bonchev–Trinajstić information content (AvgIpc) is 3.33. The normalized spacial score (nSPS) is 23.2. The number of pyridine rings is 1. The molecule has 1 aromatic carbocycles. The zero-order valence-electron chi connectivity index (χ0n) is 14.0. The van der Waals surface area contributed by atoms with E-state index in [1.54, 1.807) is 0 Å². The van der Waals surface area contributed by atoms with Crippen molar-refractivity contribution < 1.29 is 9.53 Å². The van der Waals surface area contributed by atoms with Crippen LogP contribution in [0.25, 0.3) is 10.8 Å². The van der Waals surface area contributed by atoms with Crippen molar-refractivity contribution >= 4 is 40.0 Å². The van der Waals surface area contributed by atoms with E-state index in [4.69, 9.17) is 16.3 Å². The molecule has 25 heavy (non-hydrogen) atoms. The van der Waals surface area contributed by atoms with E-state index >= 15 is 0 Å². The second-order valence-electron chi connectivity index (χ2n) is 6.63. The fourth-order valence-corrected chi connectivity index (χ4v) is 5.07. The number of carbonyl (C=O) groups is 1. The first kappa shape index (κ1) is 17.1. The quantitative estimate of drug-likeness (QED) is 0.756. The van der Waals surface area contributed by atoms with Crippen LogP contribution in [-0.2, 0) is 4.74 Å². The number of amides is 1. The van der Waals surface area contributed by atoms with Crippen LogP contribution in [0.15, 0.2) is 30.3 Å². The monoisotopic (exact) mass is 376 g/mol. The van der Waals surface area contributed by atoms with Gasteiger partial charge in [0.1, 0.15) is 10.8 Å². The molecule has 4 nitrogen and oxygen atoms in total. The molecule has 132 valence electrons. The number of carbonyl (C=O) groups excluding carboxylic acids is 1. The lowest BCUT2D eigenvalue weighted by Crippen LogP contribution is -2.45. The molecular weight excluding hydrogens is 356 g/mol. The van der Waals surface area contributed by atoms with Crippen LogP contribution in [0.4, 0.5) is 0 Å². The molecule has 0 radical (unpaired) electrons. The van der Waals surface area contributed by atoms with Crippen molar-refractivity contribution in [2.45, 2.75) is 31.4 Å². The number of hydrogen-bond acceptors (Lipinski definition) is 4. The Kier molecular flexibility index (Phi) is 5.15. The standard InChI is InChI=1S/C19H21ClN2O2S/c20-18-16-6-2-1-4-13(16)10-17(21-18)19(23)22(14-7-9-25-12-14)11-15-5-3-8-24-15/h1-2,4,6,10,14-15H,3,5,7-9,11-12H2. The van der Waals surface area contributed by atoms with Crippen molar-refractivity contribution in [1.29, 1.82) is 0 Å². The molecule has 2 unspecified atom stereocenters. The maximum Gasteiger partial charge on any atom is 0.272 e. The smallest absolute Gasteiger partial charge is 0.272 e. The van der Waals surface area contributed by atoms with E-state index in [1.807, 2.05) is 47.0 Å². The van der Waals surface area contributed by atoms with Crippen LogP contribution in [-0.4, -0.2) is 52.6 Å². The fourth-order valence-electron chi connectivity index (χ4n) is 3.59. The predicted molar refractivity (Wildman–Crippen MR) is 102 cm³/mol. The molecule has 0 spiro atoms. The minimum absolute atomic E-state index is 0.0318. The van der Waals surface area contributed by atoms with Crippen molar-refractivity contribution in [2.75, 3.05) is 24.7 Å². The number of rotatable bonds is 4. The number of nitrogens with zero attached hydrogens (tertiary/aromatic N) is 2. The summed E-state index contributed by atoms with van der Waals surface area (Å²) in [6.07, 6.45) is 3.28. The van der Waals surface area contributed by atoms with Crippen molar-refractivity contribution in [3.05, 3.63) is 41.2 Å². The number of benzene rings is 1. The summed E-state index contributed by atoms with van der Waals surface area (Å²) in [5, 5.41) is 2.21. The molecular formula is C19H21ClN2O2S. The summed E-state index contributed by atoms with van der Waals surface area (Å²) in [7, 11) is 0. The van der Waals surface area contributed by atoms with Gasteiger partial charge in [0.25, 0.3) is 5.91 Å². The van der Waals surface area contributed by atoms with Crippen molar-refractivity contribution in [3.8, 4) is 0 Å². The Morgan fingerprint density at radius 2 is 2.24 bits per heavy atom. The largest absolute Gasteiger partial charge is 0.376 e. The van der Waals surface area contributed by atoms with Crippen LogP contribution in [0.1, 0.15) is 29.8 Å². The van der Waals surface area contributed by atoms with Crippen LogP contribution >= 0.6 is 23.4 Å². The van der Waals surface area contributed by atoms with Crippen molar-refractivity contribution in [2.24, 2.45) is 0 Å². The van der Waals surface area contributed by atoms with E-state index < -0.39 is 0 Å². The highest BCUT2D eigenvalue weighted by molar-refractivity contribution is 7.99. The molecule has 1 amide bonds. The fraction of sp³-hybridized carbons (Fsp3) is 0.474. The van der Waals surface area contributed by atoms with Gasteiger partial charge in [-0.1, -0.05) is 35.9 Å². The van der Waals surface area contributed by atoms with E-state index in [1.165, 1.54) is 0 Å². The summed E-state index contributed by atoms with van der Waals surface area (Å²) in [5.74, 6) is 2.06. The molecule has 0 saturated carbocycles. The van der Waals surface area contributed by atoms with Gasteiger partial charge in [-0.3, -0.25) is 4.79 Å². The summed E-state index contributed by atoms with van der Waals surface area (Å²) in [6, 6.07) is 9.88. The summed E-state index contributed by atoms with van der Waals surface area (Å²) in [5.41, 5.74) is 0.429. The lowest BCUT2D eigenvalue weighted by molar-refractivity contribution is 0.0437. The molecule has 0 bridgehead atoms. The Morgan fingerprint density at radius 1 is 1.36 bits per heavy atom. The molecule has 0 aliphatic carbocycles. The van der Waals surface area contributed by atoms with Crippen LogP contribution in [0.3, 0.4) is 0 Å². The summed E-state index contributed by atoms with van der Waals surface area (Å²) in [6.45, 7) is 1.45. The third-order valence-electron chi connectivity index (χ3n) is 4.94. The third-order valence-corrected chi connectivity index (χ3v) is 6.38. The third kappa shape index (κ3) is 3.64.